The molecule has 3 nitrogen and oxygen atoms in total. The summed E-state index contributed by atoms with van der Waals surface area (Å²) in [4.78, 5) is 12.7. The first-order chi connectivity index (χ1) is 18.9. The molecule has 0 amide bonds. The fourth-order valence-electron chi connectivity index (χ4n) is 5.38. The molecule has 4 rings (SSSR count). The highest BCUT2D eigenvalue weighted by Crippen LogP contribution is 2.46. The van der Waals surface area contributed by atoms with Crippen molar-refractivity contribution in [3.05, 3.63) is 113 Å². The summed E-state index contributed by atoms with van der Waals surface area (Å²) >= 11 is 1.74. The van der Waals surface area contributed by atoms with Crippen molar-refractivity contribution < 1.29 is 4.79 Å². The van der Waals surface area contributed by atoms with E-state index in [9.17, 15) is 4.79 Å². The Morgan fingerprint density at radius 2 is 1.44 bits per heavy atom. The summed E-state index contributed by atoms with van der Waals surface area (Å²) in [6, 6.07) is 30.1. The van der Waals surface area contributed by atoms with Gasteiger partial charge in [0.15, 0.2) is 0 Å². The third kappa shape index (κ3) is 6.81. The maximum atomic E-state index is 12.7. The van der Waals surface area contributed by atoms with E-state index in [0.717, 1.165) is 30.6 Å². The van der Waals surface area contributed by atoms with Crippen molar-refractivity contribution in [2.75, 3.05) is 23.7 Å². The normalized spacial score (nSPS) is 11.0. The number of Topliss-reactive ketones (excluding diaryl/α,β-unsaturated/α-hetero) is 1. The molecule has 1 N–H and O–H groups in total. The van der Waals surface area contributed by atoms with Crippen LogP contribution in [0, 0.1) is 13.8 Å². The molecule has 0 bridgehead atoms. The van der Waals surface area contributed by atoms with Gasteiger partial charge in [0.1, 0.15) is 5.78 Å². The number of aryl methyl sites for hydroxylation is 1. The van der Waals surface area contributed by atoms with Crippen LogP contribution in [0.25, 0.3) is 22.3 Å². The van der Waals surface area contributed by atoms with Crippen molar-refractivity contribution in [1.29, 1.82) is 0 Å². The van der Waals surface area contributed by atoms with Gasteiger partial charge in [-0.15, -0.1) is 0 Å². The number of anilines is 1. The molecular formula is C35H40N2OS. The molecule has 0 aliphatic rings. The Bertz CT molecular complexity index is 1380. The highest BCUT2D eigenvalue weighted by molar-refractivity contribution is 8.00. The van der Waals surface area contributed by atoms with Gasteiger partial charge in [-0.2, -0.15) is 0 Å². The second-order valence-electron chi connectivity index (χ2n) is 10.1. The van der Waals surface area contributed by atoms with E-state index in [1.54, 1.807) is 18.9 Å². The standard InChI is InChI=1S/C35H40N2OS/c1-6-37(39-5)35-27(4)31(23-26(3)38)33(30-19-17-25(2)18-20-30)32(34(35)29-15-11-8-12-16-29)24-36-22-21-28-13-9-7-10-14-28/h7-20,36H,6,21-24H2,1-5H3. The summed E-state index contributed by atoms with van der Waals surface area (Å²) in [7, 11) is 0. The maximum Gasteiger partial charge on any atom is 0.134 e. The van der Waals surface area contributed by atoms with Gasteiger partial charge in [0.25, 0.3) is 0 Å². The molecule has 0 saturated carbocycles. The van der Waals surface area contributed by atoms with Crippen molar-refractivity contribution in [2.45, 2.75) is 47.1 Å². The van der Waals surface area contributed by atoms with Gasteiger partial charge in [-0.1, -0.05) is 102 Å². The minimum absolute atomic E-state index is 0.181. The Labute approximate surface area is 238 Å². The first kappa shape index (κ1) is 28.7. The van der Waals surface area contributed by atoms with Crippen LogP contribution in [-0.2, 0) is 24.2 Å². The summed E-state index contributed by atoms with van der Waals surface area (Å²) in [5.41, 5.74) is 12.1. The third-order valence-corrected chi connectivity index (χ3v) is 8.15. The van der Waals surface area contributed by atoms with Crippen molar-refractivity contribution in [3.8, 4) is 22.3 Å². The number of ketones is 1. The second-order valence-corrected chi connectivity index (χ2v) is 10.9. The zero-order chi connectivity index (χ0) is 27.8. The maximum absolute atomic E-state index is 12.7. The van der Waals surface area contributed by atoms with Crippen LogP contribution in [0.5, 0.6) is 0 Å². The molecular weight excluding hydrogens is 496 g/mol. The van der Waals surface area contributed by atoms with E-state index in [1.807, 2.05) is 0 Å². The lowest BCUT2D eigenvalue weighted by molar-refractivity contribution is -0.116. The van der Waals surface area contributed by atoms with E-state index < -0.39 is 0 Å². The minimum atomic E-state index is 0.181. The first-order valence-electron chi connectivity index (χ1n) is 13.8. The second kappa shape index (κ2) is 13.6. The Morgan fingerprint density at radius 1 is 0.821 bits per heavy atom. The van der Waals surface area contributed by atoms with E-state index in [0.29, 0.717) is 13.0 Å². The van der Waals surface area contributed by atoms with Crippen LogP contribution in [0.1, 0.15) is 41.7 Å². The smallest absolute Gasteiger partial charge is 0.134 e. The number of carbonyl (C=O) groups is 1. The van der Waals surface area contributed by atoms with Crippen molar-refractivity contribution in [1.82, 2.24) is 5.32 Å². The number of nitrogens with zero attached hydrogens (tertiary/aromatic N) is 1. The van der Waals surface area contributed by atoms with E-state index in [4.69, 9.17) is 0 Å². The molecule has 4 heteroatoms. The van der Waals surface area contributed by atoms with Gasteiger partial charge in [0, 0.05) is 31.3 Å². The molecule has 0 aliphatic carbocycles. The Hall–Kier alpha value is -3.34. The molecule has 0 saturated heterocycles. The Morgan fingerprint density at radius 3 is 2.03 bits per heavy atom. The molecule has 0 radical (unpaired) electrons. The Balaban J connectivity index is 1.96. The lowest BCUT2D eigenvalue weighted by Crippen LogP contribution is -2.22. The molecule has 4 aromatic carbocycles. The van der Waals surface area contributed by atoms with Crippen molar-refractivity contribution in [3.63, 3.8) is 0 Å². The topological polar surface area (TPSA) is 32.3 Å². The van der Waals surface area contributed by atoms with Crippen LogP contribution in [0.4, 0.5) is 5.69 Å². The fraction of sp³-hybridized carbons (Fsp3) is 0.286. The lowest BCUT2D eigenvalue weighted by Gasteiger charge is -2.31. The molecule has 0 fully saturated rings. The molecule has 202 valence electrons. The summed E-state index contributed by atoms with van der Waals surface area (Å²) in [6.45, 7) is 10.7. The van der Waals surface area contributed by atoms with Gasteiger partial charge >= 0.3 is 0 Å². The predicted octanol–water partition coefficient (Wildman–Crippen LogP) is 8.21. The van der Waals surface area contributed by atoms with E-state index >= 15 is 0 Å². The van der Waals surface area contributed by atoms with Crippen LogP contribution in [0.2, 0.25) is 0 Å². The van der Waals surface area contributed by atoms with E-state index in [1.165, 1.54) is 44.6 Å². The molecule has 0 unspecified atom stereocenters. The zero-order valence-corrected chi connectivity index (χ0v) is 24.7. The number of hydrogen-bond donors (Lipinski definition) is 1. The third-order valence-electron chi connectivity index (χ3n) is 7.27. The van der Waals surface area contributed by atoms with Crippen molar-refractivity contribution in [2.24, 2.45) is 0 Å². The monoisotopic (exact) mass is 536 g/mol. The molecule has 0 aromatic heterocycles. The highest BCUT2D eigenvalue weighted by Gasteiger charge is 2.26. The summed E-state index contributed by atoms with van der Waals surface area (Å²) in [5.74, 6) is 0.181. The predicted molar refractivity (Wildman–Crippen MR) is 170 cm³/mol. The van der Waals surface area contributed by atoms with Gasteiger partial charge in [-0.3, -0.25) is 4.79 Å². The van der Waals surface area contributed by atoms with Crippen LogP contribution in [-0.4, -0.2) is 25.1 Å². The average Bonchev–Trinajstić information content (AvgIpc) is 2.95. The SMILES string of the molecule is CCN(SC)c1c(C)c(CC(C)=O)c(-c2ccc(C)cc2)c(CNCCc2ccccc2)c1-c1ccccc1. The number of benzene rings is 4. The van der Waals surface area contributed by atoms with Crippen LogP contribution < -0.4 is 9.62 Å². The molecule has 0 aliphatic heterocycles. The summed E-state index contributed by atoms with van der Waals surface area (Å²) in [5, 5.41) is 3.77. The van der Waals surface area contributed by atoms with Crippen molar-refractivity contribution >= 4 is 23.4 Å². The number of nitrogens with one attached hydrogen (secondary N) is 1. The number of carbonyl (C=O) groups excluding carboxylic acids is 1. The fourth-order valence-corrected chi connectivity index (χ4v) is 6.05. The van der Waals surface area contributed by atoms with Crippen LogP contribution in [0.15, 0.2) is 84.9 Å². The molecule has 39 heavy (non-hydrogen) atoms. The molecule has 0 atom stereocenters. The van der Waals surface area contributed by atoms with Crippen LogP contribution in [0.3, 0.4) is 0 Å². The van der Waals surface area contributed by atoms with Gasteiger partial charge in [0.05, 0.1) is 5.69 Å². The largest absolute Gasteiger partial charge is 0.316 e. The lowest BCUT2D eigenvalue weighted by atomic mass is 9.82. The van der Waals surface area contributed by atoms with E-state index in [-0.39, 0.29) is 5.78 Å². The van der Waals surface area contributed by atoms with Gasteiger partial charge in [-0.25, -0.2) is 0 Å². The molecule has 0 spiro atoms. The zero-order valence-electron chi connectivity index (χ0n) is 23.9. The van der Waals surface area contributed by atoms with Gasteiger partial charge < -0.3 is 9.62 Å². The minimum Gasteiger partial charge on any atom is -0.316 e. The highest BCUT2D eigenvalue weighted by atomic mass is 32.2. The number of rotatable bonds is 12. The quantitative estimate of drug-likeness (QED) is 0.146. The van der Waals surface area contributed by atoms with Gasteiger partial charge in [-0.05, 0) is 79.6 Å². The summed E-state index contributed by atoms with van der Waals surface area (Å²) < 4.78 is 2.37. The average molecular weight is 537 g/mol. The van der Waals surface area contributed by atoms with E-state index in [2.05, 4.69) is 122 Å². The first-order valence-corrected chi connectivity index (χ1v) is 15.0. The Kier molecular flexibility index (Phi) is 10.0. The van der Waals surface area contributed by atoms with Gasteiger partial charge in [0.2, 0.25) is 0 Å². The summed E-state index contributed by atoms with van der Waals surface area (Å²) in [6.07, 6.45) is 3.51. The number of hydrogen-bond acceptors (Lipinski definition) is 4. The molecule has 4 aromatic rings. The van der Waals surface area contributed by atoms with Crippen LogP contribution >= 0.6 is 11.9 Å². The molecule has 0 heterocycles.